The second-order valence-corrected chi connectivity index (χ2v) is 7.30. The van der Waals surface area contributed by atoms with Gasteiger partial charge in [-0.2, -0.15) is 0 Å². The van der Waals surface area contributed by atoms with Crippen LogP contribution < -0.4 is 5.69 Å². The highest BCUT2D eigenvalue weighted by molar-refractivity contribution is 7.99. The number of hydrogen-bond donors (Lipinski definition) is 1. The van der Waals surface area contributed by atoms with Crippen molar-refractivity contribution >= 4 is 40.9 Å². The highest BCUT2D eigenvalue weighted by Crippen LogP contribution is 2.20. The minimum Gasteiger partial charge on any atom is -0.329 e. The van der Waals surface area contributed by atoms with Gasteiger partial charge in [0.15, 0.2) is 16.6 Å². The van der Waals surface area contributed by atoms with Crippen LogP contribution in [-0.4, -0.2) is 30.6 Å². The molecule has 144 valence electrons. The van der Waals surface area contributed by atoms with E-state index in [1.165, 1.54) is 45.2 Å². The average molecular weight is 409 g/mol. The number of carbonyl (C=O) groups excluding carboxylic acids is 1. The molecule has 0 saturated heterocycles. The molecule has 0 saturated carbocycles. The molecule has 0 aliphatic heterocycles. The fourth-order valence-electron chi connectivity index (χ4n) is 2.55. The molecule has 1 N–H and O–H groups in total. The van der Waals surface area contributed by atoms with E-state index in [1.807, 2.05) is 0 Å². The number of nitrogens with zero attached hydrogens (tertiary/aromatic N) is 3. The predicted octanol–water partition coefficient (Wildman–Crippen LogP) is 3.86. The van der Waals surface area contributed by atoms with Crippen molar-refractivity contribution in [3.8, 4) is 0 Å². The summed E-state index contributed by atoms with van der Waals surface area (Å²) in [4.78, 5) is 31.7. The maximum absolute atomic E-state index is 12.9. The van der Waals surface area contributed by atoms with E-state index in [0.29, 0.717) is 45.1 Å². The van der Waals surface area contributed by atoms with E-state index in [4.69, 9.17) is 12.2 Å². The number of carbonyl (C=O) groups is 1. The number of aromatic nitrogens is 4. The topological polar surface area (TPSA) is 72.7 Å². The van der Waals surface area contributed by atoms with E-state index in [-0.39, 0.29) is 24.7 Å². The van der Waals surface area contributed by atoms with Gasteiger partial charge in [-0.1, -0.05) is 31.4 Å². The largest absolute Gasteiger partial charge is 0.330 e. The number of halogens is 1. The van der Waals surface area contributed by atoms with Gasteiger partial charge in [0, 0.05) is 31.8 Å². The Morgan fingerprint density at radius 1 is 1.26 bits per heavy atom. The number of hydrogen-bond acceptors (Lipinski definition) is 5. The molecular formula is C18H21FN4O2S2. The molecule has 27 heavy (non-hydrogen) atoms. The van der Waals surface area contributed by atoms with Crippen molar-refractivity contribution in [1.29, 1.82) is 0 Å². The number of Topliss-reactive ketones (excluding diaryl/α,β-unsaturated/α-hetero) is 1. The predicted molar refractivity (Wildman–Crippen MR) is 109 cm³/mol. The van der Waals surface area contributed by atoms with Gasteiger partial charge in [-0.3, -0.25) is 13.9 Å². The zero-order valence-electron chi connectivity index (χ0n) is 14.3. The number of aromatic amines is 1. The maximum atomic E-state index is 12.9. The molecule has 0 spiro atoms. The van der Waals surface area contributed by atoms with E-state index in [1.54, 1.807) is 14.1 Å². The third kappa shape index (κ3) is 4.36. The molecule has 3 aromatic rings. The summed E-state index contributed by atoms with van der Waals surface area (Å²) >= 11 is 6.75. The number of nitrogens with one attached hydrogen (secondary N) is 1. The zero-order chi connectivity index (χ0) is 18.8. The van der Waals surface area contributed by atoms with Gasteiger partial charge >= 0.3 is 5.69 Å². The minimum absolute atomic E-state index is 0. The van der Waals surface area contributed by atoms with Crippen molar-refractivity contribution in [2.24, 2.45) is 14.1 Å². The Bertz CT molecular complexity index is 1080. The fraction of sp³-hybridized carbons (Fsp3) is 0.333. The van der Waals surface area contributed by atoms with Gasteiger partial charge in [0.05, 0.1) is 0 Å². The molecule has 0 bridgehead atoms. The summed E-state index contributed by atoms with van der Waals surface area (Å²) in [7, 11) is 3.27. The number of fused-ring (bicyclic) bond motifs is 1. The van der Waals surface area contributed by atoms with Crippen LogP contribution in [0.1, 0.15) is 30.6 Å². The second-order valence-electron chi connectivity index (χ2n) is 5.83. The molecule has 2 heterocycles. The van der Waals surface area contributed by atoms with E-state index < -0.39 is 0 Å². The first-order valence-electron chi connectivity index (χ1n) is 7.96. The molecule has 1 aromatic carbocycles. The van der Waals surface area contributed by atoms with Crippen molar-refractivity contribution in [3.05, 3.63) is 50.8 Å². The molecule has 0 aliphatic carbocycles. The van der Waals surface area contributed by atoms with Gasteiger partial charge in [0.2, 0.25) is 0 Å². The smallest absolute Gasteiger partial charge is 0.329 e. The first-order valence-corrected chi connectivity index (χ1v) is 9.35. The Balaban J connectivity index is 0.00000261. The molecule has 0 atom stereocenters. The lowest BCUT2D eigenvalue weighted by molar-refractivity contribution is 0.0982. The van der Waals surface area contributed by atoms with Crippen LogP contribution in [0.3, 0.4) is 0 Å². The molecule has 0 aliphatic rings. The van der Waals surface area contributed by atoms with Crippen molar-refractivity contribution in [3.63, 3.8) is 0 Å². The van der Waals surface area contributed by atoms with Crippen LogP contribution in [0.25, 0.3) is 11.2 Å². The minimum atomic E-state index is -0.356. The summed E-state index contributed by atoms with van der Waals surface area (Å²) in [6, 6.07) is 5.56. The number of imidazole rings is 1. The van der Waals surface area contributed by atoms with Gasteiger partial charge in [-0.25, -0.2) is 14.2 Å². The molecule has 0 fully saturated rings. The van der Waals surface area contributed by atoms with Crippen LogP contribution in [0.4, 0.5) is 4.39 Å². The summed E-state index contributed by atoms with van der Waals surface area (Å²) in [5, 5.41) is 0.654. The van der Waals surface area contributed by atoms with Gasteiger partial charge in [0.25, 0.3) is 0 Å². The quantitative estimate of drug-likeness (QED) is 0.290. The molecule has 6 nitrogen and oxygen atoms in total. The summed E-state index contributed by atoms with van der Waals surface area (Å²) in [6.07, 6.45) is 1.03. The Hall–Kier alpha value is -2.26. The lowest BCUT2D eigenvalue weighted by atomic mass is 10.1. The number of benzene rings is 1. The number of thioether (sulfide) groups is 1. The first kappa shape index (κ1) is 21.0. The average Bonchev–Trinajstić information content (AvgIpc) is 3.06. The third-order valence-corrected chi connectivity index (χ3v) is 5.46. The first-order chi connectivity index (χ1) is 12.4. The van der Waals surface area contributed by atoms with E-state index >= 15 is 0 Å². The molecule has 3 rings (SSSR count). The normalized spacial score (nSPS) is 10.8. The molecule has 2 aromatic heterocycles. The van der Waals surface area contributed by atoms with Gasteiger partial charge in [-0.05, 0) is 30.7 Å². The summed E-state index contributed by atoms with van der Waals surface area (Å²) in [6.45, 7) is 0. The van der Waals surface area contributed by atoms with Crippen LogP contribution in [0, 0.1) is 10.5 Å². The SMILES string of the molecule is C.Cn1c(=S)c2[nH]c(SCCCC(=O)c3ccc(F)cc3)nc2n(C)c1=O. The van der Waals surface area contributed by atoms with Crippen LogP contribution in [-0.2, 0) is 14.1 Å². The van der Waals surface area contributed by atoms with Gasteiger partial charge < -0.3 is 4.98 Å². The Morgan fingerprint density at radius 3 is 2.59 bits per heavy atom. The monoisotopic (exact) mass is 408 g/mol. The standard InChI is InChI=1S/C17H17FN4O2S2.CH4/c1-21-14-13(15(25)22(2)17(21)24)19-16(20-14)26-9-3-4-12(23)10-5-7-11(18)8-6-10;/h5-8H,3-4,9H2,1-2H3,(H,19,20);1H4. The van der Waals surface area contributed by atoms with Crippen LogP contribution in [0.15, 0.2) is 34.2 Å². The molecule has 9 heteroatoms. The van der Waals surface area contributed by atoms with Gasteiger partial charge in [0.1, 0.15) is 16.0 Å². The Labute approximate surface area is 165 Å². The number of rotatable bonds is 6. The van der Waals surface area contributed by atoms with E-state index in [0.717, 1.165) is 0 Å². The number of ketones is 1. The van der Waals surface area contributed by atoms with Crippen LogP contribution in [0.2, 0.25) is 0 Å². The molecule has 0 amide bonds. The highest BCUT2D eigenvalue weighted by Gasteiger charge is 2.12. The lowest BCUT2D eigenvalue weighted by Gasteiger charge is -2.02. The highest BCUT2D eigenvalue weighted by atomic mass is 32.2. The third-order valence-electron chi connectivity index (χ3n) is 4.03. The molecule has 0 radical (unpaired) electrons. The zero-order valence-corrected chi connectivity index (χ0v) is 15.9. The summed E-state index contributed by atoms with van der Waals surface area (Å²) in [5.74, 6) is 0.308. The summed E-state index contributed by atoms with van der Waals surface area (Å²) in [5.41, 5.74) is 1.45. The summed E-state index contributed by atoms with van der Waals surface area (Å²) < 4.78 is 16.1. The Morgan fingerprint density at radius 2 is 1.93 bits per heavy atom. The van der Waals surface area contributed by atoms with Crippen LogP contribution in [0.5, 0.6) is 0 Å². The molecule has 0 unspecified atom stereocenters. The van der Waals surface area contributed by atoms with E-state index in [2.05, 4.69) is 9.97 Å². The fourth-order valence-corrected chi connectivity index (χ4v) is 3.58. The number of H-pyrrole nitrogens is 1. The van der Waals surface area contributed by atoms with Crippen molar-refractivity contribution in [2.75, 3.05) is 5.75 Å². The lowest BCUT2D eigenvalue weighted by Crippen LogP contribution is -2.27. The Kier molecular flexibility index (Phi) is 6.72. The number of aryl methyl sites for hydroxylation is 1. The van der Waals surface area contributed by atoms with Crippen molar-refractivity contribution < 1.29 is 9.18 Å². The van der Waals surface area contributed by atoms with Crippen molar-refractivity contribution in [2.45, 2.75) is 25.4 Å². The maximum Gasteiger partial charge on any atom is 0.330 e. The van der Waals surface area contributed by atoms with Crippen LogP contribution >= 0.6 is 24.0 Å². The van der Waals surface area contributed by atoms with Gasteiger partial charge in [-0.15, -0.1) is 0 Å². The van der Waals surface area contributed by atoms with Crippen molar-refractivity contribution in [1.82, 2.24) is 19.1 Å². The second kappa shape index (κ2) is 8.62. The van der Waals surface area contributed by atoms with E-state index in [9.17, 15) is 14.0 Å². The molecular weight excluding hydrogens is 387 g/mol.